The Bertz CT molecular complexity index is 856. The zero-order valence-corrected chi connectivity index (χ0v) is 13.9. The van der Waals surface area contributed by atoms with Gasteiger partial charge in [0, 0.05) is 10.7 Å². The van der Waals surface area contributed by atoms with E-state index in [1.54, 1.807) is 24.3 Å². The molecule has 1 N–H and O–H groups in total. The van der Waals surface area contributed by atoms with Crippen LogP contribution in [0, 0.1) is 11.3 Å². The number of hydrogen-bond donors (Lipinski definition) is 1. The molecule has 0 bridgehead atoms. The lowest BCUT2D eigenvalue weighted by atomic mass is 10.1. The lowest BCUT2D eigenvalue weighted by molar-refractivity contribution is -0.137. The molecule has 0 aliphatic rings. The van der Waals surface area contributed by atoms with E-state index < -0.39 is 24.3 Å². The number of rotatable bonds is 5. The highest BCUT2D eigenvalue weighted by Crippen LogP contribution is 2.29. The van der Waals surface area contributed by atoms with Gasteiger partial charge in [0.25, 0.3) is 5.91 Å². The van der Waals surface area contributed by atoms with Gasteiger partial charge in [0.2, 0.25) is 0 Å². The van der Waals surface area contributed by atoms with Gasteiger partial charge < -0.3 is 10.1 Å². The van der Waals surface area contributed by atoms with Gasteiger partial charge in [0.15, 0.2) is 6.61 Å². The molecule has 0 unspecified atom stereocenters. The van der Waals surface area contributed by atoms with E-state index in [2.05, 4.69) is 5.32 Å². The van der Waals surface area contributed by atoms with Crippen molar-refractivity contribution < 1.29 is 22.7 Å². The van der Waals surface area contributed by atoms with Crippen LogP contribution in [0.25, 0.3) is 5.57 Å². The van der Waals surface area contributed by atoms with Crippen molar-refractivity contribution in [2.24, 2.45) is 0 Å². The number of anilines is 1. The molecular weight excluding hydrogens is 369 g/mol. The fraction of sp³-hybridized carbons (Fsp3) is 0.111. The molecule has 0 radical (unpaired) electrons. The number of nitriles is 1. The summed E-state index contributed by atoms with van der Waals surface area (Å²) >= 11 is 5.85. The minimum Gasteiger partial charge on any atom is -0.490 e. The fourth-order valence-electron chi connectivity index (χ4n) is 1.96. The summed E-state index contributed by atoms with van der Waals surface area (Å²) in [6.07, 6.45) is -3.32. The van der Waals surface area contributed by atoms with Gasteiger partial charge in [0.05, 0.1) is 11.1 Å². The summed E-state index contributed by atoms with van der Waals surface area (Å²) in [6, 6.07) is 12.5. The van der Waals surface area contributed by atoms with Crippen LogP contribution >= 0.6 is 11.6 Å². The number of carbonyl (C=O) groups is 1. The van der Waals surface area contributed by atoms with Gasteiger partial charge in [-0.3, -0.25) is 4.79 Å². The molecule has 0 saturated heterocycles. The number of alkyl halides is 3. The number of nitrogens with zero attached hydrogens (tertiary/aromatic N) is 1. The summed E-state index contributed by atoms with van der Waals surface area (Å²) in [4.78, 5) is 11.8. The number of benzene rings is 2. The average molecular weight is 381 g/mol. The summed E-state index contributed by atoms with van der Waals surface area (Å²) < 4.78 is 42.5. The Morgan fingerprint density at radius 3 is 2.50 bits per heavy atom. The normalized spacial score (nSPS) is 11.6. The molecule has 2 aromatic carbocycles. The third-order valence-corrected chi connectivity index (χ3v) is 3.40. The van der Waals surface area contributed by atoms with E-state index in [0.717, 1.165) is 30.5 Å². The van der Waals surface area contributed by atoms with Crippen LogP contribution in [0.2, 0.25) is 5.02 Å². The van der Waals surface area contributed by atoms with E-state index in [1.165, 1.54) is 0 Å². The van der Waals surface area contributed by atoms with Gasteiger partial charge in [0.1, 0.15) is 12.3 Å². The number of carbonyl (C=O) groups excluding carboxylic acids is 1. The second-order valence-corrected chi connectivity index (χ2v) is 5.52. The van der Waals surface area contributed by atoms with Crippen LogP contribution in [-0.2, 0) is 15.7 Å². The maximum Gasteiger partial charge on any atom is 0.416 e. The Balaban J connectivity index is 1.93. The van der Waals surface area contributed by atoms with Gasteiger partial charge >= 0.3 is 6.18 Å². The van der Waals surface area contributed by atoms with Gasteiger partial charge in [-0.2, -0.15) is 18.4 Å². The molecule has 8 heteroatoms. The van der Waals surface area contributed by atoms with Crippen LogP contribution in [0.3, 0.4) is 0 Å². The molecular formula is C18H12ClF3N2O2. The van der Waals surface area contributed by atoms with Gasteiger partial charge in [-0.25, -0.2) is 0 Å². The Morgan fingerprint density at radius 2 is 1.92 bits per heavy atom. The maximum atomic E-state index is 12.5. The van der Waals surface area contributed by atoms with Crippen molar-refractivity contribution in [1.29, 1.82) is 5.26 Å². The Kier molecular flexibility index (Phi) is 6.26. The van der Waals surface area contributed by atoms with E-state index in [9.17, 15) is 18.0 Å². The molecule has 4 nitrogen and oxygen atoms in total. The van der Waals surface area contributed by atoms with Crippen LogP contribution in [-0.4, -0.2) is 12.5 Å². The Morgan fingerprint density at radius 1 is 1.23 bits per heavy atom. The van der Waals surface area contributed by atoms with E-state index in [0.29, 0.717) is 10.6 Å². The summed E-state index contributed by atoms with van der Waals surface area (Å²) in [5.74, 6) is -0.579. The third-order valence-electron chi connectivity index (χ3n) is 3.17. The van der Waals surface area contributed by atoms with Gasteiger partial charge in [-0.15, -0.1) is 0 Å². The van der Waals surface area contributed by atoms with Crippen molar-refractivity contribution in [2.45, 2.75) is 6.18 Å². The van der Waals surface area contributed by atoms with Crippen LogP contribution in [0.1, 0.15) is 11.1 Å². The van der Waals surface area contributed by atoms with Gasteiger partial charge in [-0.05, 0) is 42.0 Å². The highest BCUT2D eigenvalue weighted by molar-refractivity contribution is 6.30. The SMILES string of the molecule is N#C/C(=C\OCC(=O)Nc1ccc(C(F)(F)F)cc1)c1cccc(Cl)c1. The molecule has 134 valence electrons. The third kappa shape index (κ3) is 5.53. The Labute approximate surface area is 152 Å². The minimum absolute atomic E-state index is 0.176. The standard InChI is InChI=1S/C18H12ClF3N2O2/c19-15-3-1-2-12(8-15)13(9-23)10-26-11-17(25)24-16-6-4-14(5-7-16)18(20,21)22/h1-8,10H,11H2,(H,24,25)/b13-10+. The van der Waals surface area contributed by atoms with Crippen molar-refractivity contribution in [2.75, 3.05) is 11.9 Å². The average Bonchev–Trinajstić information content (AvgIpc) is 2.58. The second-order valence-electron chi connectivity index (χ2n) is 5.09. The molecule has 2 aromatic rings. The lowest BCUT2D eigenvalue weighted by Gasteiger charge is -2.09. The van der Waals surface area contributed by atoms with Crippen molar-refractivity contribution >= 4 is 28.8 Å². The molecule has 0 saturated carbocycles. The first-order valence-electron chi connectivity index (χ1n) is 7.24. The molecule has 0 aliphatic heterocycles. The smallest absolute Gasteiger partial charge is 0.416 e. The van der Waals surface area contributed by atoms with Crippen LogP contribution in [0.5, 0.6) is 0 Å². The monoisotopic (exact) mass is 380 g/mol. The number of allylic oxidation sites excluding steroid dienone is 1. The molecule has 0 aromatic heterocycles. The van der Waals surface area contributed by atoms with Crippen molar-refractivity contribution in [3.63, 3.8) is 0 Å². The molecule has 0 fully saturated rings. The van der Waals surface area contributed by atoms with E-state index in [4.69, 9.17) is 21.6 Å². The number of ether oxygens (including phenoxy) is 1. The van der Waals surface area contributed by atoms with Crippen molar-refractivity contribution in [1.82, 2.24) is 0 Å². The van der Waals surface area contributed by atoms with Crippen molar-refractivity contribution in [3.8, 4) is 6.07 Å². The largest absolute Gasteiger partial charge is 0.490 e. The Hall–Kier alpha value is -2.98. The summed E-state index contributed by atoms with van der Waals surface area (Å²) in [5, 5.41) is 12.0. The predicted molar refractivity (Wildman–Crippen MR) is 91.1 cm³/mol. The first-order valence-corrected chi connectivity index (χ1v) is 7.62. The molecule has 0 heterocycles. The molecule has 0 aliphatic carbocycles. The fourth-order valence-corrected chi connectivity index (χ4v) is 2.15. The lowest BCUT2D eigenvalue weighted by Crippen LogP contribution is -2.17. The van der Waals surface area contributed by atoms with E-state index in [1.807, 2.05) is 6.07 Å². The summed E-state index contributed by atoms with van der Waals surface area (Å²) in [7, 11) is 0. The first kappa shape index (κ1) is 19.3. The number of hydrogen-bond acceptors (Lipinski definition) is 3. The molecule has 0 spiro atoms. The first-order chi connectivity index (χ1) is 12.3. The predicted octanol–water partition coefficient (Wildman–Crippen LogP) is 4.88. The number of amides is 1. The molecule has 2 rings (SSSR count). The van der Waals surface area contributed by atoms with Crippen LogP contribution in [0.4, 0.5) is 18.9 Å². The number of nitrogens with one attached hydrogen (secondary N) is 1. The zero-order valence-electron chi connectivity index (χ0n) is 13.2. The van der Waals surface area contributed by atoms with E-state index in [-0.39, 0.29) is 11.3 Å². The molecule has 26 heavy (non-hydrogen) atoms. The quantitative estimate of drug-likeness (QED) is 0.594. The summed E-state index contributed by atoms with van der Waals surface area (Å²) in [6.45, 7) is -0.410. The summed E-state index contributed by atoms with van der Waals surface area (Å²) in [5.41, 5.74) is 0.0961. The van der Waals surface area contributed by atoms with Crippen LogP contribution in [0.15, 0.2) is 54.8 Å². The molecule has 1 amide bonds. The minimum atomic E-state index is -4.44. The van der Waals surface area contributed by atoms with Crippen LogP contribution < -0.4 is 5.32 Å². The highest BCUT2D eigenvalue weighted by atomic mass is 35.5. The van der Waals surface area contributed by atoms with Crippen molar-refractivity contribution in [3.05, 3.63) is 70.9 Å². The molecule has 0 atom stereocenters. The second kappa shape index (κ2) is 8.41. The van der Waals surface area contributed by atoms with E-state index >= 15 is 0 Å². The number of halogens is 4. The van der Waals surface area contributed by atoms with Gasteiger partial charge in [-0.1, -0.05) is 23.7 Å². The zero-order chi connectivity index (χ0) is 19.2. The topological polar surface area (TPSA) is 62.1 Å². The maximum absolute atomic E-state index is 12.5. The highest BCUT2D eigenvalue weighted by Gasteiger charge is 2.29.